The molecule has 2 aromatic rings. The number of aliphatic hydroxyl groups is 1. The van der Waals surface area contributed by atoms with Gasteiger partial charge in [0.2, 0.25) is 5.91 Å². The van der Waals surface area contributed by atoms with Crippen LogP contribution < -0.4 is 16.0 Å². The summed E-state index contributed by atoms with van der Waals surface area (Å²) in [5, 5.41) is 17.7. The number of hydrogen-bond acceptors (Lipinski definition) is 3. The molecule has 2 aliphatic rings. The number of aliphatic hydroxyl groups excluding tert-OH is 1. The normalized spacial score (nSPS) is 23.2. The first kappa shape index (κ1) is 18.4. The van der Waals surface area contributed by atoms with Crippen molar-refractivity contribution in [3.05, 3.63) is 64.7 Å². The van der Waals surface area contributed by atoms with Crippen molar-refractivity contribution in [2.24, 2.45) is 0 Å². The molecule has 1 fully saturated rings. The molecule has 0 radical (unpaired) electrons. The van der Waals surface area contributed by atoms with Crippen molar-refractivity contribution in [2.45, 2.75) is 30.9 Å². The van der Waals surface area contributed by atoms with Crippen LogP contribution in [-0.4, -0.2) is 29.6 Å². The topological polar surface area (TPSA) is 90.5 Å². The standard InChI is InChI=1S/C20H19F2N3O3/c21-11-2-4-12(5-3-11)24-20(28)25-18-15(9-23-19(18)27)14-7-10-1-6-17(26)13(10)8-16(14)22/h2-5,7-8,15,17-18,26H,1,6,9H2,(H,23,27)(H2,24,25,28)/t15-,17?,18-/m0/s1. The zero-order valence-electron chi connectivity index (χ0n) is 14.8. The summed E-state index contributed by atoms with van der Waals surface area (Å²) >= 11 is 0. The van der Waals surface area contributed by atoms with Gasteiger partial charge in [-0.25, -0.2) is 13.6 Å². The minimum atomic E-state index is -0.945. The number of urea groups is 1. The predicted molar refractivity (Wildman–Crippen MR) is 97.8 cm³/mol. The quantitative estimate of drug-likeness (QED) is 0.652. The lowest BCUT2D eigenvalue weighted by Crippen LogP contribution is -2.44. The highest BCUT2D eigenvalue weighted by molar-refractivity contribution is 5.95. The fourth-order valence-corrected chi connectivity index (χ4v) is 3.83. The van der Waals surface area contributed by atoms with Gasteiger partial charge in [0.15, 0.2) is 0 Å². The highest BCUT2D eigenvalue weighted by Crippen LogP contribution is 2.36. The van der Waals surface area contributed by atoms with Gasteiger partial charge in [0, 0.05) is 18.2 Å². The average molecular weight is 387 g/mol. The Morgan fingerprint density at radius 3 is 2.64 bits per heavy atom. The maximum atomic E-state index is 14.7. The lowest BCUT2D eigenvalue weighted by Gasteiger charge is -2.20. The second-order valence-electron chi connectivity index (χ2n) is 7.06. The highest BCUT2D eigenvalue weighted by atomic mass is 19.1. The van der Waals surface area contributed by atoms with Gasteiger partial charge in [0.1, 0.15) is 17.7 Å². The molecule has 2 aromatic carbocycles. The number of rotatable bonds is 3. The number of fused-ring (bicyclic) bond motifs is 1. The summed E-state index contributed by atoms with van der Waals surface area (Å²) in [4.78, 5) is 24.5. The summed E-state index contributed by atoms with van der Waals surface area (Å²) in [5.41, 5.74) is 2.14. The number of aryl methyl sites for hydroxylation is 1. The van der Waals surface area contributed by atoms with Gasteiger partial charge in [-0.1, -0.05) is 6.07 Å². The number of benzene rings is 2. The molecule has 8 heteroatoms. The second-order valence-corrected chi connectivity index (χ2v) is 7.06. The molecule has 146 valence electrons. The van der Waals surface area contributed by atoms with Crippen LogP contribution in [0.1, 0.15) is 35.1 Å². The Morgan fingerprint density at radius 2 is 1.89 bits per heavy atom. The van der Waals surface area contributed by atoms with Crippen LogP contribution in [0.15, 0.2) is 36.4 Å². The van der Waals surface area contributed by atoms with Gasteiger partial charge in [-0.05, 0) is 59.9 Å². The van der Waals surface area contributed by atoms with Crippen LogP contribution in [0.2, 0.25) is 0 Å². The molecule has 28 heavy (non-hydrogen) atoms. The summed E-state index contributed by atoms with van der Waals surface area (Å²) in [5.74, 6) is -1.92. The van der Waals surface area contributed by atoms with Crippen molar-refractivity contribution in [2.75, 3.05) is 11.9 Å². The first-order valence-electron chi connectivity index (χ1n) is 9.03. The number of carbonyl (C=O) groups excluding carboxylic acids is 2. The number of hydrogen-bond donors (Lipinski definition) is 4. The molecule has 0 bridgehead atoms. The number of halogens is 2. The molecule has 4 N–H and O–H groups in total. The first-order chi connectivity index (χ1) is 13.4. The van der Waals surface area contributed by atoms with Gasteiger partial charge in [-0.2, -0.15) is 0 Å². The lowest BCUT2D eigenvalue weighted by molar-refractivity contribution is -0.120. The van der Waals surface area contributed by atoms with E-state index in [0.29, 0.717) is 29.7 Å². The number of nitrogens with one attached hydrogen (secondary N) is 3. The maximum absolute atomic E-state index is 14.7. The Bertz CT molecular complexity index is 933. The molecule has 0 spiro atoms. The van der Waals surface area contributed by atoms with E-state index in [1.54, 1.807) is 6.07 Å². The zero-order valence-corrected chi connectivity index (χ0v) is 14.8. The third-order valence-electron chi connectivity index (χ3n) is 5.27. The molecule has 4 rings (SSSR count). The molecule has 1 saturated heterocycles. The van der Waals surface area contributed by atoms with E-state index in [1.165, 1.54) is 30.3 Å². The first-order valence-corrected chi connectivity index (χ1v) is 9.03. The predicted octanol–water partition coefficient (Wildman–Crippen LogP) is 2.35. The van der Waals surface area contributed by atoms with Crippen LogP contribution in [0, 0.1) is 11.6 Å². The van der Waals surface area contributed by atoms with Crippen LogP contribution in [0.3, 0.4) is 0 Å². The fourth-order valence-electron chi connectivity index (χ4n) is 3.83. The summed E-state index contributed by atoms with van der Waals surface area (Å²) in [6.45, 7) is 0.193. The number of carbonyl (C=O) groups is 2. The van der Waals surface area contributed by atoms with Crippen molar-refractivity contribution in [3.8, 4) is 0 Å². The van der Waals surface area contributed by atoms with E-state index < -0.39 is 41.6 Å². The molecule has 1 aliphatic carbocycles. The summed E-state index contributed by atoms with van der Waals surface area (Å²) in [6.07, 6.45) is 0.514. The van der Waals surface area contributed by atoms with E-state index in [4.69, 9.17) is 0 Å². The minimum Gasteiger partial charge on any atom is -0.388 e. The van der Waals surface area contributed by atoms with Crippen LogP contribution in [0.4, 0.5) is 19.3 Å². The van der Waals surface area contributed by atoms with Crippen molar-refractivity contribution >= 4 is 17.6 Å². The third-order valence-corrected chi connectivity index (χ3v) is 5.27. The van der Waals surface area contributed by atoms with E-state index >= 15 is 0 Å². The van der Waals surface area contributed by atoms with Crippen molar-refractivity contribution < 1.29 is 23.5 Å². The largest absolute Gasteiger partial charge is 0.388 e. The lowest BCUT2D eigenvalue weighted by atomic mass is 9.91. The van der Waals surface area contributed by atoms with Crippen LogP contribution in [0.5, 0.6) is 0 Å². The summed E-state index contributed by atoms with van der Waals surface area (Å²) < 4.78 is 27.6. The molecule has 3 amide bonds. The van der Waals surface area contributed by atoms with Crippen molar-refractivity contribution in [1.29, 1.82) is 0 Å². The Balaban J connectivity index is 1.53. The number of anilines is 1. The molecular formula is C20H19F2N3O3. The summed E-state index contributed by atoms with van der Waals surface area (Å²) in [7, 11) is 0. The smallest absolute Gasteiger partial charge is 0.319 e. The average Bonchev–Trinajstić information content (AvgIpc) is 3.20. The highest BCUT2D eigenvalue weighted by Gasteiger charge is 2.39. The van der Waals surface area contributed by atoms with Gasteiger partial charge in [-0.15, -0.1) is 0 Å². The van der Waals surface area contributed by atoms with Gasteiger partial charge < -0.3 is 21.1 Å². The van der Waals surface area contributed by atoms with Gasteiger partial charge in [-0.3, -0.25) is 4.79 Å². The number of amides is 3. The SMILES string of the molecule is O=C(Nc1ccc(F)cc1)N[C@@H]1C(=O)NC[C@H]1c1cc2c(cc1F)C(O)CC2. The van der Waals surface area contributed by atoms with E-state index in [1.807, 2.05) is 0 Å². The minimum absolute atomic E-state index is 0.193. The Morgan fingerprint density at radius 1 is 1.14 bits per heavy atom. The van der Waals surface area contributed by atoms with Crippen LogP contribution in [0.25, 0.3) is 0 Å². The molecule has 0 saturated carbocycles. The molecule has 6 nitrogen and oxygen atoms in total. The molecule has 1 aliphatic heterocycles. The van der Waals surface area contributed by atoms with E-state index in [9.17, 15) is 23.5 Å². The van der Waals surface area contributed by atoms with Crippen molar-refractivity contribution in [3.63, 3.8) is 0 Å². The van der Waals surface area contributed by atoms with Crippen LogP contribution >= 0.6 is 0 Å². The van der Waals surface area contributed by atoms with Crippen LogP contribution in [-0.2, 0) is 11.2 Å². The van der Waals surface area contributed by atoms with Gasteiger partial charge in [0.25, 0.3) is 0 Å². The molecule has 3 atom stereocenters. The van der Waals surface area contributed by atoms with E-state index in [0.717, 1.165) is 5.56 Å². The Labute approximate surface area is 159 Å². The van der Waals surface area contributed by atoms with Gasteiger partial charge >= 0.3 is 6.03 Å². The maximum Gasteiger partial charge on any atom is 0.319 e. The Kier molecular flexibility index (Phi) is 4.72. The fraction of sp³-hybridized carbons (Fsp3) is 0.300. The molecule has 1 heterocycles. The van der Waals surface area contributed by atoms with E-state index in [2.05, 4.69) is 16.0 Å². The monoisotopic (exact) mass is 387 g/mol. The second kappa shape index (κ2) is 7.20. The van der Waals surface area contributed by atoms with E-state index in [-0.39, 0.29) is 6.54 Å². The summed E-state index contributed by atoms with van der Waals surface area (Å²) in [6, 6.07) is 6.61. The zero-order chi connectivity index (χ0) is 19.8. The molecule has 1 unspecified atom stereocenters. The van der Waals surface area contributed by atoms with Crippen molar-refractivity contribution in [1.82, 2.24) is 10.6 Å². The third kappa shape index (κ3) is 3.43. The molecule has 0 aromatic heterocycles. The van der Waals surface area contributed by atoms with Gasteiger partial charge in [0.05, 0.1) is 6.10 Å². The molecular weight excluding hydrogens is 368 g/mol. The Hall–Kier alpha value is -3.00.